The summed E-state index contributed by atoms with van der Waals surface area (Å²) in [5.74, 6) is -1.23. The molecule has 1 N–H and O–H groups in total. The molecule has 4 aromatic rings. The minimum absolute atomic E-state index is 0.0270. The van der Waals surface area contributed by atoms with E-state index in [2.05, 4.69) is 0 Å². The van der Waals surface area contributed by atoms with Crippen molar-refractivity contribution in [2.24, 2.45) is 0 Å². The number of furan rings is 2. The van der Waals surface area contributed by atoms with Crippen LogP contribution in [0.4, 0.5) is 4.39 Å². The van der Waals surface area contributed by atoms with Crippen LogP contribution < -0.4 is 0 Å². The molecule has 1 amide bonds. The van der Waals surface area contributed by atoms with Crippen LogP contribution in [0.5, 0.6) is 0 Å². The van der Waals surface area contributed by atoms with Crippen LogP contribution in [0.2, 0.25) is 0 Å². The Labute approximate surface area is 188 Å². The Hall–Kier alpha value is -4.13. The summed E-state index contributed by atoms with van der Waals surface area (Å²) in [7, 11) is 0. The van der Waals surface area contributed by atoms with Crippen molar-refractivity contribution in [3.8, 4) is 0 Å². The second kappa shape index (κ2) is 8.09. The number of ketones is 1. The van der Waals surface area contributed by atoms with E-state index in [0.29, 0.717) is 23.5 Å². The van der Waals surface area contributed by atoms with Crippen LogP contribution in [-0.2, 0) is 11.2 Å². The maximum absolute atomic E-state index is 13.4. The van der Waals surface area contributed by atoms with Crippen LogP contribution in [0.25, 0.3) is 11.0 Å². The van der Waals surface area contributed by atoms with Crippen molar-refractivity contribution in [3.63, 3.8) is 0 Å². The third-order valence-electron chi connectivity index (χ3n) is 5.78. The molecule has 0 saturated heterocycles. The molecule has 1 unspecified atom stereocenters. The fourth-order valence-electron chi connectivity index (χ4n) is 4.14. The summed E-state index contributed by atoms with van der Waals surface area (Å²) in [6, 6.07) is 17.2. The number of aryl methyl sites for hydroxylation is 1. The first-order valence-electron chi connectivity index (χ1n) is 10.5. The Morgan fingerprint density at radius 1 is 1.06 bits per heavy atom. The van der Waals surface area contributed by atoms with Gasteiger partial charge in [-0.05, 0) is 55.3 Å². The van der Waals surface area contributed by atoms with Crippen LogP contribution in [0.15, 0.2) is 86.9 Å². The van der Waals surface area contributed by atoms with Gasteiger partial charge in [0.25, 0.3) is 5.91 Å². The number of aliphatic hydroxyl groups is 1. The number of aliphatic hydroxyl groups excluding tert-OH is 1. The Kier molecular flexibility index (Phi) is 5.09. The van der Waals surface area contributed by atoms with E-state index in [-0.39, 0.29) is 23.7 Å². The summed E-state index contributed by atoms with van der Waals surface area (Å²) in [5.41, 5.74) is 1.26. The van der Waals surface area contributed by atoms with Gasteiger partial charge in [-0.2, -0.15) is 0 Å². The SMILES string of the molecule is Cc1ccc(C2C(C(=O)c3cc4ccccc4o3)=C(O)C(=O)N2CCc2ccc(F)cc2)o1. The van der Waals surface area contributed by atoms with Crippen molar-refractivity contribution in [2.45, 2.75) is 19.4 Å². The van der Waals surface area contributed by atoms with Crippen molar-refractivity contribution in [1.82, 2.24) is 4.90 Å². The van der Waals surface area contributed by atoms with Crippen LogP contribution in [0.1, 0.15) is 33.7 Å². The van der Waals surface area contributed by atoms with Gasteiger partial charge >= 0.3 is 0 Å². The molecule has 3 heterocycles. The number of rotatable bonds is 6. The van der Waals surface area contributed by atoms with E-state index in [1.54, 1.807) is 49.4 Å². The van der Waals surface area contributed by atoms with Crippen LogP contribution in [0, 0.1) is 12.7 Å². The Balaban J connectivity index is 1.51. The normalized spacial score (nSPS) is 16.2. The highest BCUT2D eigenvalue weighted by molar-refractivity contribution is 6.15. The molecule has 6 nitrogen and oxygen atoms in total. The average molecular weight is 445 g/mol. The second-order valence-corrected chi connectivity index (χ2v) is 7.97. The summed E-state index contributed by atoms with van der Waals surface area (Å²) >= 11 is 0. The molecule has 2 aromatic carbocycles. The van der Waals surface area contributed by atoms with Crippen LogP contribution in [0.3, 0.4) is 0 Å². The van der Waals surface area contributed by atoms with Gasteiger partial charge in [0, 0.05) is 11.9 Å². The largest absolute Gasteiger partial charge is 0.503 e. The number of amides is 1. The lowest BCUT2D eigenvalue weighted by Crippen LogP contribution is -2.32. The van der Waals surface area contributed by atoms with Gasteiger partial charge < -0.3 is 18.8 Å². The summed E-state index contributed by atoms with van der Waals surface area (Å²) < 4.78 is 24.7. The molecular formula is C26H20FNO5. The standard InChI is InChI=1S/C26H20FNO5/c1-15-6-11-20(32-15)23-22(24(29)21-14-17-4-2-3-5-19(17)33-21)25(30)26(31)28(23)13-12-16-7-9-18(27)10-8-16/h2-11,14,23,30H,12-13H2,1H3. The van der Waals surface area contributed by atoms with Gasteiger partial charge in [0.2, 0.25) is 5.78 Å². The molecule has 0 spiro atoms. The third kappa shape index (κ3) is 3.71. The van der Waals surface area contributed by atoms with Crippen molar-refractivity contribution in [1.29, 1.82) is 0 Å². The molecule has 5 rings (SSSR count). The van der Waals surface area contributed by atoms with E-state index >= 15 is 0 Å². The van der Waals surface area contributed by atoms with Crippen LogP contribution in [-0.4, -0.2) is 28.2 Å². The van der Waals surface area contributed by atoms with Gasteiger partial charge in [-0.1, -0.05) is 30.3 Å². The summed E-state index contributed by atoms with van der Waals surface area (Å²) in [4.78, 5) is 27.9. The highest BCUT2D eigenvalue weighted by atomic mass is 19.1. The van der Waals surface area contributed by atoms with Crippen molar-refractivity contribution in [3.05, 3.63) is 107 Å². The number of hydrogen-bond acceptors (Lipinski definition) is 5. The van der Waals surface area contributed by atoms with Crippen LogP contribution >= 0.6 is 0 Å². The summed E-state index contributed by atoms with van der Waals surface area (Å²) in [5, 5.41) is 11.5. The molecule has 1 atom stereocenters. The van der Waals surface area contributed by atoms with Crippen molar-refractivity contribution in [2.75, 3.05) is 6.54 Å². The number of benzene rings is 2. The predicted molar refractivity (Wildman–Crippen MR) is 118 cm³/mol. The number of Topliss-reactive ketones (excluding diaryl/α,β-unsaturated/α-hetero) is 1. The monoisotopic (exact) mass is 445 g/mol. The zero-order valence-corrected chi connectivity index (χ0v) is 17.7. The van der Waals surface area contributed by atoms with E-state index in [4.69, 9.17) is 8.83 Å². The van der Waals surface area contributed by atoms with E-state index in [0.717, 1.165) is 10.9 Å². The Morgan fingerprint density at radius 3 is 2.52 bits per heavy atom. The van der Waals surface area contributed by atoms with Gasteiger partial charge in [-0.3, -0.25) is 9.59 Å². The molecule has 33 heavy (non-hydrogen) atoms. The van der Waals surface area contributed by atoms with Gasteiger partial charge in [0.15, 0.2) is 11.5 Å². The molecule has 1 aliphatic heterocycles. The number of nitrogens with zero attached hydrogens (tertiary/aromatic N) is 1. The maximum Gasteiger partial charge on any atom is 0.290 e. The molecule has 7 heteroatoms. The molecule has 0 bridgehead atoms. The molecule has 0 aliphatic carbocycles. The third-order valence-corrected chi connectivity index (χ3v) is 5.78. The fourth-order valence-corrected chi connectivity index (χ4v) is 4.14. The zero-order chi connectivity index (χ0) is 23.1. The van der Waals surface area contributed by atoms with Gasteiger partial charge in [0.1, 0.15) is 29.0 Å². The molecule has 0 radical (unpaired) electrons. The number of para-hydroxylation sites is 1. The second-order valence-electron chi connectivity index (χ2n) is 7.97. The lowest BCUT2D eigenvalue weighted by atomic mass is 9.99. The molecule has 0 fully saturated rings. The zero-order valence-electron chi connectivity index (χ0n) is 17.7. The minimum atomic E-state index is -0.910. The molecular weight excluding hydrogens is 425 g/mol. The number of halogens is 1. The molecule has 0 saturated carbocycles. The number of hydrogen-bond donors (Lipinski definition) is 1. The van der Waals surface area contributed by atoms with Gasteiger partial charge in [0.05, 0.1) is 5.57 Å². The first kappa shape index (κ1) is 20.8. The van der Waals surface area contributed by atoms with E-state index in [1.807, 2.05) is 12.1 Å². The lowest BCUT2D eigenvalue weighted by Gasteiger charge is -2.24. The number of carbonyl (C=O) groups excluding carboxylic acids is 2. The highest BCUT2D eigenvalue weighted by Crippen LogP contribution is 2.40. The summed E-state index contributed by atoms with van der Waals surface area (Å²) in [6.45, 7) is 1.95. The summed E-state index contributed by atoms with van der Waals surface area (Å²) in [6.07, 6.45) is 0.404. The number of fused-ring (bicyclic) bond motifs is 1. The smallest absolute Gasteiger partial charge is 0.290 e. The minimum Gasteiger partial charge on any atom is -0.503 e. The predicted octanol–water partition coefficient (Wildman–Crippen LogP) is 5.29. The van der Waals surface area contributed by atoms with Crippen molar-refractivity contribution < 1.29 is 27.9 Å². The van der Waals surface area contributed by atoms with E-state index in [9.17, 15) is 19.1 Å². The fraction of sp³-hybridized carbons (Fsp3) is 0.154. The highest BCUT2D eigenvalue weighted by Gasteiger charge is 2.45. The first-order valence-corrected chi connectivity index (χ1v) is 10.5. The number of carbonyl (C=O) groups is 2. The topological polar surface area (TPSA) is 83.9 Å². The molecule has 1 aliphatic rings. The molecule has 2 aromatic heterocycles. The maximum atomic E-state index is 13.4. The Morgan fingerprint density at radius 2 is 1.82 bits per heavy atom. The van der Waals surface area contributed by atoms with Crippen molar-refractivity contribution >= 4 is 22.7 Å². The van der Waals surface area contributed by atoms with Gasteiger partial charge in [-0.25, -0.2) is 4.39 Å². The first-order chi connectivity index (χ1) is 15.9. The Bertz CT molecular complexity index is 1360. The molecule has 166 valence electrons. The lowest BCUT2D eigenvalue weighted by molar-refractivity contribution is -0.129. The van der Waals surface area contributed by atoms with E-state index in [1.165, 1.54) is 17.0 Å². The van der Waals surface area contributed by atoms with Gasteiger partial charge in [-0.15, -0.1) is 0 Å². The van der Waals surface area contributed by atoms with E-state index < -0.39 is 23.5 Å². The average Bonchev–Trinajstić information content (AvgIpc) is 3.50. The quantitative estimate of drug-likeness (QED) is 0.408.